The summed E-state index contributed by atoms with van der Waals surface area (Å²) in [5, 5.41) is 0. The molecule has 0 amide bonds. The third-order valence-electron chi connectivity index (χ3n) is 1.39. The van der Waals surface area contributed by atoms with Gasteiger partial charge in [-0.1, -0.05) is 34.1 Å². The summed E-state index contributed by atoms with van der Waals surface area (Å²) in [6, 6.07) is 7.82. The summed E-state index contributed by atoms with van der Waals surface area (Å²) >= 11 is 3.40. The average Bonchev–Trinajstić information content (AvgIpc) is 2.13. The molecule has 0 aromatic heterocycles. The molecule has 0 atom stereocenters. The summed E-state index contributed by atoms with van der Waals surface area (Å²) in [4.78, 5) is 3.90. The number of hydrogen-bond donors (Lipinski definition) is 4. The molecule has 6 N–H and O–H groups in total. The van der Waals surface area contributed by atoms with E-state index in [2.05, 4.69) is 20.9 Å². The summed E-state index contributed by atoms with van der Waals surface area (Å²) in [7, 11) is -4.67. The lowest BCUT2D eigenvalue weighted by Crippen LogP contribution is -2.22. The van der Waals surface area contributed by atoms with Gasteiger partial charge in [0.1, 0.15) is 0 Å². The number of hydrogen-bond acceptors (Lipinski definition) is 3. The van der Waals surface area contributed by atoms with Gasteiger partial charge in [-0.05, 0) is 11.6 Å². The summed E-state index contributed by atoms with van der Waals surface area (Å²) in [6.45, 7) is 0.518. The van der Waals surface area contributed by atoms with Crippen LogP contribution in [-0.4, -0.2) is 23.5 Å². The molecule has 7 nitrogen and oxygen atoms in total. The fraction of sp³-hybridized carbons (Fsp3) is 0.125. The number of aliphatic imine (C=N–C) groups is 1. The summed E-state index contributed by atoms with van der Waals surface area (Å²) in [5.74, 6) is 0.116. The third kappa shape index (κ3) is 11.1. The molecule has 1 aromatic carbocycles. The maximum atomic E-state index is 8.74. The normalized spacial score (nSPS) is 10.1. The first kappa shape index (κ1) is 15.8. The van der Waals surface area contributed by atoms with E-state index in [1.54, 1.807) is 0 Å². The minimum atomic E-state index is -4.67. The number of rotatable bonds is 2. The van der Waals surface area contributed by atoms with Crippen LogP contribution in [0.1, 0.15) is 5.56 Å². The van der Waals surface area contributed by atoms with Crippen molar-refractivity contribution in [2.45, 2.75) is 6.54 Å². The van der Waals surface area contributed by atoms with Crippen molar-refractivity contribution in [1.82, 2.24) is 0 Å². The van der Waals surface area contributed by atoms with E-state index in [1.165, 1.54) is 0 Å². The Hall–Kier alpha value is -1.16. The van der Waals surface area contributed by atoms with E-state index in [0.29, 0.717) is 6.54 Å². The van der Waals surface area contributed by atoms with Crippen LogP contribution in [-0.2, 0) is 16.9 Å². The molecule has 0 saturated carbocycles. The molecular formula is C8H12BrN3O4S. The smallest absolute Gasteiger partial charge is 0.370 e. The maximum Gasteiger partial charge on any atom is 0.394 e. The van der Waals surface area contributed by atoms with Crippen molar-refractivity contribution in [3.8, 4) is 0 Å². The third-order valence-corrected chi connectivity index (χ3v) is 2.16. The molecular weight excluding hydrogens is 314 g/mol. The zero-order valence-corrected chi connectivity index (χ0v) is 11.0. The van der Waals surface area contributed by atoms with Gasteiger partial charge in [-0.2, -0.15) is 8.42 Å². The maximum absolute atomic E-state index is 8.74. The zero-order chi connectivity index (χ0) is 13.5. The Morgan fingerprint density at radius 3 is 2.18 bits per heavy atom. The fourth-order valence-corrected chi connectivity index (χ4v) is 1.21. The number of guanidine groups is 1. The van der Waals surface area contributed by atoms with E-state index < -0.39 is 10.4 Å². The Labute approximate surface area is 107 Å². The van der Waals surface area contributed by atoms with Crippen molar-refractivity contribution in [3.05, 3.63) is 34.3 Å². The molecule has 0 aliphatic rings. The molecule has 1 aromatic rings. The second-order valence-corrected chi connectivity index (χ2v) is 4.53. The van der Waals surface area contributed by atoms with Crippen LogP contribution in [0.4, 0.5) is 0 Å². The highest BCUT2D eigenvalue weighted by molar-refractivity contribution is 9.10. The van der Waals surface area contributed by atoms with Gasteiger partial charge >= 0.3 is 10.4 Å². The first-order chi connectivity index (χ1) is 7.70. The van der Waals surface area contributed by atoms with Gasteiger partial charge < -0.3 is 11.5 Å². The van der Waals surface area contributed by atoms with E-state index in [0.717, 1.165) is 10.0 Å². The van der Waals surface area contributed by atoms with E-state index in [4.69, 9.17) is 29.0 Å². The summed E-state index contributed by atoms with van der Waals surface area (Å²) in [5.41, 5.74) is 11.5. The van der Waals surface area contributed by atoms with Crippen molar-refractivity contribution >= 4 is 32.3 Å². The highest BCUT2D eigenvalue weighted by Gasteiger charge is 1.95. The summed E-state index contributed by atoms with van der Waals surface area (Å²) in [6.07, 6.45) is 0. The van der Waals surface area contributed by atoms with Gasteiger partial charge in [0, 0.05) is 4.47 Å². The van der Waals surface area contributed by atoms with Crippen LogP contribution in [0.25, 0.3) is 0 Å². The molecule has 0 saturated heterocycles. The highest BCUT2D eigenvalue weighted by atomic mass is 79.9. The van der Waals surface area contributed by atoms with Crippen LogP contribution in [0.3, 0.4) is 0 Å². The summed E-state index contributed by atoms with van der Waals surface area (Å²) < 4.78 is 32.6. The standard InChI is InChI=1S/C8H10BrN3.H2O4S/c9-7-4-2-1-3-6(7)5-12-8(10)11;1-5(2,3)4/h1-4H,5H2,(H4,10,11,12);(H2,1,2,3,4). The fourth-order valence-electron chi connectivity index (χ4n) is 0.803. The van der Waals surface area contributed by atoms with E-state index in [1.807, 2.05) is 24.3 Å². The van der Waals surface area contributed by atoms with Gasteiger partial charge in [0.15, 0.2) is 5.96 Å². The molecule has 1 rings (SSSR count). The van der Waals surface area contributed by atoms with Crippen LogP contribution in [0.5, 0.6) is 0 Å². The Morgan fingerprint density at radius 2 is 1.76 bits per heavy atom. The second-order valence-electron chi connectivity index (χ2n) is 2.78. The van der Waals surface area contributed by atoms with Gasteiger partial charge in [0.25, 0.3) is 0 Å². The zero-order valence-electron chi connectivity index (χ0n) is 8.62. The molecule has 17 heavy (non-hydrogen) atoms. The molecule has 0 spiro atoms. The molecule has 0 unspecified atom stereocenters. The van der Waals surface area contributed by atoms with Crippen LogP contribution in [0, 0.1) is 0 Å². The van der Waals surface area contributed by atoms with Crippen LogP contribution in [0.2, 0.25) is 0 Å². The monoisotopic (exact) mass is 325 g/mol. The lowest BCUT2D eigenvalue weighted by atomic mass is 10.2. The lowest BCUT2D eigenvalue weighted by Gasteiger charge is -1.99. The van der Waals surface area contributed by atoms with Crippen molar-refractivity contribution in [2.24, 2.45) is 16.5 Å². The minimum absolute atomic E-state index is 0.116. The Balaban J connectivity index is 0.000000437. The van der Waals surface area contributed by atoms with E-state index >= 15 is 0 Å². The first-order valence-corrected chi connectivity index (χ1v) is 6.38. The molecule has 9 heteroatoms. The number of nitrogens with two attached hydrogens (primary N) is 2. The molecule has 0 fully saturated rings. The van der Waals surface area contributed by atoms with Gasteiger partial charge in [0.2, 0.25) is 0 Å². The average molecular weight is 326 g/mol. The molecule has 0 heterocycles. The predicted octanol–water partition coefficient (Wildman–Crippen LogP) is 0.570. The van der Waals surface area contributed by atoms with Crippen molar-refractivity contribution in [2.75, 3.05) is 0 Å². The predicted molar refractivity (Wildman–Crippen MR) is 67.8 cm³/mol. The van der Waals surface area contributed by atoms with Gasteiger partial charge in [-0.15, -0.1) is 0 Å². The van der Waals surface area contributed by atoms with Crippen molar-refractivity contribution < 1.29 is 17.5 Å². The number of benzene rings is 1. The molecule has 96 valence electrons. The van der Waals surface area contributed by atoms with Gasteiger partial charge in [-0.3, -0.25) is 9.11 Å². The second kappa shape index (κ2) is 7.22. The van der Waals surface area contributed by atoms with E-state index in [9.17, 15) is 0 Å². The molecule has 0 bridgehead atoms. The largest absolute Gasteiger partial charge is 0.394 e. The Bertz CT molecular complexity index is 477. The van der Waals surface area contributed by atoms with Gasteiger partial charge in [0.05, 0.1) is 6.54 Å². The quantitative estimate of drug-likeness (QED) is 0.356. The van der Waals surface area contributed by atoms with Crippen molar-refractivity contribution in [3.63, 3.8) is 0 Å². The number of halogens is 1. The van der Waals surface area contributed by atoms with Crippen LogP contribution in [0.15, 0.2) is 33.7 Å². The number of nitrogens with zero attached hydrogens (tertiary/aromatic N) is 1. The van der Waals surface area contributed by atoms with Crippen molar-refractivity contribution in [1.29, 1.82) is 0 Å². The Morgan fingerprint density at radius 1 is 1.29 bits per heavy atom. The topological polar surface area (TPSA) is 139 Å². The molecule has 0 radical (unpaired) electrons. The Kier molecular flexibility index (Phi) is 6.73. The first-order valence-electron chi connectivity index (χ1n) is 4.19. The lowest BCUT2D eigenvalue weighted by molar-refractivity contribution is 0.381. The molecule has 0 aliphatic heterocycles. The SMILES string of the molecule is NC(N)=NCc1ccccc1Br.O=S(=O)(O)O. The molecule has 0 aliphatic carbocycles. The minimum Gasteiger partial charge on any atom is -0.370 e. The van der Waals surface area contributed by atoms with Crippen LogP contribution >= 0.6 is 15.9 Å². The van der Waals surface area contributed by atoms with Gasteiger partial charge in [-0.25, -0.2) is 4.99 Å². The van der Waals surface area contributed by atoms with Crippen LogP contribution < -0.4 is 11.5 Å². The highest BCUT2D eigenvalue weighted by Crippen LogP contribution is 2.16. The van der Waals surface area contributed by atoms with E-state index in [-0.39, 0.29) is 5.96 Å².